The molecule has 4 rings (SSSR count). The molecule has 0 saturated carbocycles. The van der Waals surface area contributed by atoms with Crippen LogP contribution in [0.5, 0.6) is 0 Å². The molecule has 27 heavy (non-hydrogen) atoms. The lowest BCUT2D eigenvalue weighted by Gasteiger charge is -2.26. The fourth-order valence-electron chi connectivity index (χ4n) is 3.74. The van der Waals surface area contributed by atoms with Gasteiger partial charge in [0.2, 0.25) is 5.91 Å². The molecule has 3 aromatic rings. The van der Waals surface area contributed by atoms with Gasteiger partial charge in [-0.05, 0) is 42.5 Å². The number of fused-ring (bicyclic) bond motifs is 2. The van der Waals surface area contributed by atoms with Crippen molar-refractivity contribution in [1.82, 2.24) is 14.9 Å². The van der Waals surface area contributed by atoms with Crippen LogP contribution >= 0.6 is 11.8 Å². The highest BCUT2D eigenvalue weighted by Gasteiger charge is 2.21. The van der Waals surface area contributed by atoms with E-state index in [2.05, 4.69) is 51.8 Å². The molecule has 138 valence electrons. The minimum atomic E-state index is 0.0545. The zero-order valence-electron chi connectivity index (χ0n) is 15.2. The monoisotopic (exact) mass is 377 g/mol. The van der Waals surface area contributed by atoms with E-state index < -0.39 is 0 Å². The van der Waals surface area contributed by atoms with E-state index in [9.17, 15) is 4.79 Å². The van der Waals surface area contributed by atoms with Gasteiger partial charge in [0.25, 0.3) is 0 Å². The van der Waals surface area contributed by atoms with Gasteiger partial charge in [0.05, 0.1) is 22.8 Å². The van der Waals surface area contributed by atoms with Crippen LogP contribution in [0, 0.1) is 0 Å². The average Bonchev–Trinajstić information content (AvgIpc) is 3.05. The first-order valence-electron chi connectivity index (χ1n) is 9.32. The van der Waals surface area contributed by atoms with Gasteiger partial charge in [-0.1, -0.05) is 54.2 Å². The molecule has 1 atom stereocenters. The van der Waals surface area contributed by atoms with Crippen LogP contribution in [0.2, 0.25) is 0 Å². The van der Waals surface area contributed by atoms with Gasteiger partial charge in [0.15, 0.2) is 5.16 Å². The SMILES string of the molecule is C=CCn1c(SCC(=O)NC2CCCc3ccccc32)nc2ccccc21. The Hall–Kier alpha value is -2.53. The molecule has 1 aliphatic carbocycles. The van der Waals surface area contributed by atoms with Crippen LogP contribution in [0.3, 0.4) is 0 Å². The molecule has 1 amide bonds. The number of benzene rings is 2. The van der Waals surface area contributed by atoms with Crippen LogP contribution in [0.25, 0.3) is 11.0 Å². The van der Waals surface area contributed by atoms with Crippen molar-refractivity contribution in [2.75, 3.05) is 5.75 Å². The first-order valence-corrected chi connectivity index (χ1v) is 10.3. The topological polar surface area (TPSA) is 46.9 Å². The summed E-state index contributed by atoms with van der Waals surface area (Å²) in [6.07, 6.45) is 5.08. The van der Waals surface area contributed by atoms with Crippen molar-refractivity contribution in [2.45, 2.75) is 37.0 Å². The molecule has 1 heterocycles. The van der Waals surface area contributed by atoms with Gasteiger partial charge in [0.1, 0.15) is 0 Å². The van der Waals surface area contributed by atoms with Crippen LogP contribution in [-0.4, -0.2) is 21.2 Å². The Kier molecular flexibility index (Phi) is 5.30. The zero-order valence-corrected chi connectivity index (χ0v) is 16.0. The summed E-state index contributed by atoms with van der Waals surface area (Å²) in [7, 11) is 0. The largest absolute Gasteiger partial charge is 0.349 e. The molecular weight excluding hydrogens is 354 g/mol. The molecular formula is C22H23N3OS. The lowest BCUT2D eigenvalue weighted by Crippen LogP contribution is -2.32. The van der Waals surface area contributed by atoms with Crippen molar-refractivity contribution >= 4 is 28.7 Å². The third-order valence-electron chi connectivity index (χ3n) is 4.97. The lowest BCUT2D eigenvalue weighted by molar-refractivity contribution is -0.119. The molecule has 0 fully saturated rings. The molecule has 0 aliphatic heterocycles. The van der Waals surface area contributed by atoms with Gasteiger partial charge in [-0.15, -0.1) is 6.58 Å². The van der Waals surface area contributed by atoms with Crippen molar-refractivity contribution in [3.05, 3.63) is 72.3 Å². The van der Waals surface area contributed by atoms with Crippen LogP contribution in [0.1, 0.15) is 30.0 Å². The summed E-state index contributed by atoms with van der Waals surface area (Å²) in [4.78, 5) is 17.3. The number of allylic oxidation sites excluding steroid dienone is 1. The van der Waals surface area contributed by atoms with E-state index in [0.29, 0.717) is 12.3 Å². The van der Waals surface area contributed by atoms with Crippen molar-refractivity contribution in [2.24, 2.45) is 0 Å². The van der Waals surface area contributed by atoms with E-state index in [1.807, 2.05) is 24.3 Å². The summed E-state index contributed by atoms with van der Waals surface area (Å²) in [5.74, 6) is 0.415. The van der Waals surface area contributed by atoms with E-state index in [0.717, 1.165) is 35.5 Å². The molecule has 0 bridgehead atoms. The van der Waals surface area contributed by atoms with E-state index in [1.165, 1.54) is 22.9 Å². The number of nitrogens with one attached hydrogen (secondary N) is 1. The molecule has 1 aliphatic rings. The smallest absolute Gasteiger partial charge is 0.230 e. The maximum Gasteiger partial charge on any atom is 0.230 e. The fraction of sp³-hybridized carbons (Fsp3) is 0.273. The molecule has 1 unspecified atom stereocenters. The maximum absolute atomic E-state index is 12.6. The van der Waals surface area contributed by atoms with Crippen LogP contribution in [0.4, 0.5) is 0 Å². The van der Waals surface area contributed by atoms with E-state index in [4.69, 9.17) is 0 Å². The van der Waals surface area contributed by atoms with Crippen LogP contribution in [0.15, 0.2) is 66.3 Å². The second kappa shape index (κ2) is 8.01. The highest BCUT2D eigenvalue weighted by molar-refractivity contribution is 7.99. The number of carbonyl (C=O) groups excluding carboxylic acids is 1. The van der Waals surface area contributed by atoms with E-state index >= 15 is 0 Å². The van der Waals surface area contributed by atoms with E-state index in [-0.39, 0.29) is 11.9 Å². The highest BCUT2D eigenvalue weighted by atomic mass is 32.2. The molecule has 2 aromatic carbocycles. The number of aromatic nitrogens is 2. The van der Waals surface area contributed by atoms with Crippen molar-refractivity contribution in [3.63, 3.8) is 0 Å². The summed E-state index contributed by atoms with van der Waals surface area (Å²) in [6, 6.07) is 16.6. The molecule has 5 heteroatoms. The lowest BCUT2D eigenvalue weighted by atomic mass is 9.88. The van der Waals surface area contributed by atoms with Crippen molar-refractivity contribution in [1.29, 1.82) is 0 Å². The van der Waals surface area contributed by atoms with Gasteiger partial charge in [0, 0.05) is 6.54 Å². The summed E-state index contributed by atoms with van der Waals surface area (Å²) in [6.45, 7) is 4.52. The summed E-state index contributed by atoms with van der Waals surface area (Å²) >= 11 is 1.48. The quantitative estimate of drug-likeness (QED) is 0.508. The molecule has 1 aromatic heterocycles. The van der Waals surface area contributed by atoms with Gasteiger partial charge >= 0.3 is 0 Å². The predicted octanol–water partition coefficient (Wildman–Crippen LogP) is 4.51. The average molecular weight is 378 g/mol. The normalized spacial score (nSPS) is 16.1. The predicted molar refractivity (Wildman–Crippen MR) is 111 cm³/mol. The van der Waals surface area contributed by atoms with Gasteiger partial charge in [-0.3, -0.25) is 4.79 Å². The third kappa shape index (κ3) is 3.78. The van der Waals surface area contributed by atoms with Crippen molar-refractivity contribution in [3.8, 4) is 0 Å². The van der Waals surface area contributed by atoms with E-state index in [1.54, 1.807) is 0 Å². The highest BCUT2D eigenvalue weighted by Crippen LogP contribution is 2.30. The number of nitrogens with zero attached hydrogens (tertiary/aromatic N) is 2. The number of carbonyl (C=O) groups is 1. The number of amides is 1. The second-order valence-electron chi connectivity index (χ2n) is 6.78. The Morgan fingerprint density at radius 1 is 1.26 bits per heavy atom. The first kappa shape index (κ1) is 17.9. The van der Waals surface area contributed by atoms with Crippen molar-refractivity contribution < 1.29 is 4.79 Å². The summed E-state index contributed by atoms with van der Waals surface area (Å²) < 4.78 is 2.11. The molecule has 1 N–H and O–H groups in total. The van der Waals surface area contributed by atoms with Gasteiger partial charge < -0.3 is 9.88 Å². The first-order chi connectivity index (χ1) is 13.3. The summed E-state index contributed by atoms with van der Waals surface area (Å²) in [5, 5.41) is 4.07. The number of rotatable bonds is 6. The number of hydrogen-bond donors (Lipinski definition) is 1. The number of thioether (sulfide) groups is 1. The summed E-state index contributed by atoms with van der Waals surface area (Å²) in [5.41, 5.74) is 4.64. The molecule has 0 saturated heterocycles. The van der Waals surface area contributed by atoms with Crippen LogP contribution < -0.4 is 5.32 Å². The third-order valence-corrected chi connectivity index (χ3v) is 5.94. The van der Waals surface area contributed by atoms with Gasteiger partial charge in [-0.25, -0.2) is 4.98 Å². The Morgan fingerprint density at radius 3 is 2.96 bits per heavy atom. The minimum absolute atomic E-state index is 0.0545. The zero-order chi connectivity index (χ0) is 18.6. The minimum Gasteiger partial charge on any atom is -0.349 e. The fourth-order valence-corrected chi connectivity index (χ4v) is 4.57. The number of imidazole rings is 1. The Balaban J connectivity index is 1.45. The standard InChI is InChI=1S/C22H23N3OS/c1-2-14-25-20-13-6-5-11-19(20)24-22(25)27-15-21(26)23-18-12-7-9-16-8-3-4-10-17(16)18/h2-6,8,10-11,13,18H,1,7,9,12,14-15H2,(H,23,26). The Bertz CT molecular complexity index is 979. The Labute approximate surface area is 163 Å². The number of hydrogen-bond acceptors (Lipinski definition) is 3. The molecule has 4 nitrogen and oxygen atoms in total. The Morgan fingerprint density at radius 2 is 2.07 bits per heavy atom. The molecule has 0 spiro atoms. The number of para-hydroxylation sites is 2. The molecule has 0 radical (unpaired) electrons. The number of aryl methyl sites for hydroxylation is 1. The maximum atomic E-state index is 12.6. The van der Waals surface area contributed by atoms with Crippen LogP contribution in [-0.2, 0) is 17.8 Å². The second-order valence-corrected chi connectivity index (χ2v) is 7.72. The van der Waals surface area contributed by atoms with Gasteiger partial charge in [-0.2, -0.15) is 0 Å².